The molecule has 1 saturated heterocycles. The maximum atomic E-state index is 2.94. The van der Waals surface area contributed by atoms with Gasteiger partial charge in [-0.1, -0.05) is 0 Å². The molecule has 0 aromatic rings. The average molecular weight is 267 g/mol. The van der Waals surface area contributed by atoms with Gasteiger partial charge in [0.15, 0.2) is 0 Å². The van der Waals surface area contributed by atoms with Gasteiger partial charge in [0.2, 0.25) is 0 Å². The standard InChI is InChI=1S/C19H25N/c1-7(2)20-5-18-14-8-3-9(8)15-12(14)13-16(18)10-4-11(10)17(13)19(15,18)6-20/h7-17H,3-6H2,1-2H3. The summed E-state index contributed by atoms with van der Waals surface area (Å²) < 4.78 is 0. The SMILES string of the molecule is CC(C)N1CC23C4C5CC5C5C4C4C2C2CC2C4C53C1. The molecule has 0 aromatic carbocycles. The van der Waals surface area contributed by atoms with Crippen LogP contribution in [0.5, 0.6) is 0 Å². The van der Waals surface area contributed by atoms with Crippen LogP contribution in [0.1, 0.15) is 26.7 Å². The van der Waals surface area contributed by atoms with Crippen LogP contribution in [0.25, 0.3) is 0 Å². The van der Waals surface area contributed by atoms with Gasteiger partial charge in [0.25, 0.3) is 0 Å². The first-order valence-corrected chi connectivity index (χ1v) is 9.46. The van der Waals surface area contributed by atoms with Crippen LogP contribution in [0.2, 0.25) is 0 Å². The summed E-state index contributed by atoms with van der Waals surface area (Å²) in [6.45, 7) is 7.99. The molecule has 8 unspecified atom stereocenters. The van der Waals surface area contributed by atoms with E-state index in [1.165, 1.54) is 72.3 Å². The Morgan fingerprint density at radius 2 is 1.15 bits per heavy atom. The first kappa shape index (κ1) is 9.87. The van der Waals surface area contributed by atoms with E-state index in [1.807, 2.05) is 0 Å². The molecule has 9 rings (SSSR count). The highest BCUT2D eigenvalue weighted by molar-refractivity contribution is 5.47. The van der Waals surface area contributed by atoms with Gasteiger partial charge in [-0.2, -0.15) is 0 Å². The largest absolute Gasteiger partial charge is 0.300 e. The summed E-state index contributed by atoms with van der Waals surface area (Å²) in [6, 6.07) is 0.800. The van der Waals surface area contributed by atoms with Crippen LogP contribution in [0.15, 0.2) is 0 Å². The van der Waals surface area contributed by atoms with Gasteiger partial charge in [0.1, 0.15) is 0 Å². The summed E-state index contributed by atoms with van der Waals surface area (Å²) in [5.74, 6) is 12.4. The summed E-state index contributed by atoms with van der Waals surface area (Å²) in [7, 11) is 0. The molecule has 8 aliphatic carbocycles. The Kier molecular flexibility index (Phi) is 1.12. The zero-order valence-electron chi connectivity index (χ0n) is 12.6. The molecule has 0 amide bonds. The third kappa shape index (κ3) is 0.573. The van der Waals surface area contributed by atoms with Gasteiger partial charge in [-0.15, -0.1) is 0 Å². The van der Waals surface area contributed by atoms with E-state index in [0.29, 0.717) is 0 Å². The highest BCUT2D eigenvalue weighted by Gasteiger charge is 3.00. The van der Waals surface area contributed by atoms with Crippen molar-refractivity contribution in [2.75, 3.05) is 13.1 Å². The molecule has 1 nitrogen and oxygen atoms in total. The van der Waals surface area contributed by atoms with E-state index in [1.54, 1.807) is 12.8 Å². The highest BCUT2D eigenvalue weighted by Crippen LogP contribution is 3.02. The van der Waals surface area contributed by atoms with E-state index in [0.717, 1.165) is 16.9 Å². The van der Waals surface area contributed by atoms with Crippen molar-refractivity contribution in [1.29, 1.82) is 0 Å². The van der Waals surface area contributed by atoms with Crippen molar-refractivity contribution in [2.24, 2.45) is 70.0 Å². The third-order valence-electron chi connectivity index (χ3n) is 10.6. The van der Waals surface area contributed by atoms with Gasteiger partial charge >= 0.3 is 0 Å². The van der Waals surface area contributed by atoms with E-state index in [4.69, 9.17) is 0 Å². The van der Waals surface area contributed by atoms with Gasteiger partial charge in [-0.3, -0.25) is 4.90 Å². The van der Waals surface area contributed by atoms with Gasteiger partial charge in [0.05, 0.1) is 0 Å². The average Bonchev–Trinajstić information content (AvgIpc) is 3.08. The molecular weight excluding hydrogens is 242 g/mol. The van der Waals surface area contributed by atoms with Crippen LogP contribution >= 0.6 is 0 Å². The Hall–Kier alpha value is -0.0400. The number of nitrogens with zero attached hydrogens (tertiary/aromatic N) is 1. The minimum Gasteiger partial charge on any atom is -0.300 e. The van der Waals surface area contributed by atoms with E-state index in [-0.39, 0.29) is 0 Å². The van der Waals surface area contributed by atoms with Crippen LogP contribution in [0, 0.1) is 70.0 Å². The minimum atomic E-state index is 0.800. The molecule has 0 radical (unpaired) electrons. The Morgan fingerprint density at radius 3 is 1.50 bits per heavy atom. The Bertz CT molecular complexity index is 513. The summed E-state index contributed by atoms with van der Waals surface area (Å²) in [4.78, 5) is 2.94. The normalized spacial score (nSPS) is 82.3. The molecule has 1 heteroatoms. The molecule has 2 spiro atoms. The molecule has 20 heavy (non-hydrogen) atoms. The van der Waals surface area contributed by atoms with E-state index < -0.39 is 0 Å². The Labute approximate surface area is 121 Å². The lowest BCUT2D eigenvalue weighted by atomic mass is 9.52. The van der Waals surface area contributed by atoms with Gasteiger partial charge in [0, 0.05) is 19.1 Å². The number of rotatable bonds is 1. The molecule has 8 bridgehead atoms. The van der Waals surface area contributed by atoms with Crippen LogP contribution < -0.4 is 0 Å². The molecular formula is C19H25N. The van der Waals surface area contributed by atoms with Gasteiger partial charge in [-0.25, -0.2) is 0 Å². The second-order valence-corrected chi connectivity index (χ2v) is 10.5. The molecule has 9 fully saturated rings. The quantitative estimate of drug-likeness (QED) is 0.706. The van der Waals surface area contributed by atoms with Crippen molar-refractivity contribution < 1.29 is 0 Å². The van der Waals surface area contributed by atoms with Crippen molar-refractivity contribution in [3.8, 4) is 0 Å². The summed E-state index contributed by atoms with van der Waals surface area (Å²) in [5.41, 5.74) is 1.74. The van der Waals surface area contributed by atoms with Crippen molar-refractivity contribution in [3.63, 3.8) is 0 Å². The molecule has 8 atom stereocenters. The van der Waals surface area contributed by atoms with E-state index in [9.17, 15) is 0 Å². The molecule has 8 saturated carbocycles. The number of likely N-dealkylation sites (tertiary alicyclic amines) is 1. The number of hydrogen-bond donors (Lipinski definition) is 0. The third-order valence-corrected chi connectivity index (χ3v) is 10.6. The summed E-state index contributed by atoms with van der Waals surface area (Å²) >= 11 is 0. The van der Waals surface area contributed by atoms with E-state index in [2.05, 4.69) is 18.7 Å². The van der Waals surface area contributed by atoms with Crippen molar-refractivity contribution in [1.82, 2.24) is 4.90 Å². The molecule has 1 heterocycles. The van der Waals surface area contributed by atoms with Gasteiger partial charge < -0.3 is 0 Å². The number of fused-ring (bicyclic) bond motifs is 2. The first-order chi connectivity index (χ1) is 9.72. The maximum Gasteiger partial charge on any atom is 0.00527 e. The second kappa shape index (κ2) is 2.27. The predicted molar refractivity (Wildman–Crippen MR) is 75.7 cm³/mol. The Balaban J connectivity index is 1.44. The van der Waals surface area contributed by atoms with Crippen molar-refractivity contribution >= 4 is 0 Å². The number of hydrogen-bond acceptors (Lipinski definition) is 1. The Morgan fingerprint density at radius 1 is 0.750 bits per heavy atom. The summed E-state index contributed by atoms with van der Waals surface area (Å²) in [5, 5.41) is 0. The minimum absolute atomic E-state index is 0.800. The lowest BCUT2D eigenvalue weighted by molar-refractivity contribution is -0.0384. The molecule has 9 aliphatic rings. The topological polar surface area (TPSA) is 3.24 Å². The second-order valence-electron chi connectivity index (χ2n) is 10.5. The fraction of sp³-hybridized carbons (Fsp3) is 1.00. The fourth-order valence-electron chi connectivity index (χ4n) is 11.1. The zero-order chi connectivity index (χ0) is 12.8. The monoisotopic (exact) mass is 267 g/mol. The lowest BCUT2D eigenvalue weighted by Gasteiger charge is -2.51. The highest BCUT2D eigenvalue weighted by atomic mass is 15.3. The van der Waals surface area contributed by atoms with Crippen LogP contribution in [0.4, 0.5) is 0 Å². The van der Waals surface area contributed by atoms with Crippen LogP contribution in [0.3, 0.4) is 0 Å². The summed E-state index contributed by atoms with van der Waals surface area (Å²) in [6.07, 6.45) is 3.33. The molecule has 1 aliphatic heterocycles. The molecule has 0 N–H and O–H groups in total. The smallest absolute Gasteiger partial charge is 0.00527 e. The predicted octanol–water partition coefficient (Wildman–Crippen LogP) is 2.72. The molecule has 0 aromatic heterocycles. The lowest BCUT2D eigenvalue weighted by Crippen LogP contribution is -2.51. The van der Waals surface area contributed by atoms with Crippen LogP contribution in [-0.4, -0.2) is 24.0 Å². The van der Waals surface area contributed by atoms with Crippen molar-refractivity contribution in [2.45, 2.75) is 32.7 Å². The van der Waals surface area contributed by atoms with Crippen LogP contribution in [-0.2, 0) is 0 Å². The van der Waals surface area contributed by atoms with Crippen molar-refractivity contribution in [3.05, 3.63) is 0 Å². The first-order valence-electron chi connectivity index (χ1n) is 9.46. The molecule has 106 valence electrons. The maximum absolute atomic E-state index is 2.94. The van der Waals surface area contributed by atoms with E-state index >= 15 is 0 Å². The van der Waals surface area contributed by atoms with Gasteiger partial charge in [-0.05, 0) is 96.7 Å². The zero-order valence-corrected chi connectivity index (χ0v) is 12.6. The fourth-order valence-corrected chi connectivity index (χ4v) is 11.1.